The van der Waals surface area contributed by atoms with Crippen molar-refractivity contribution in [2.45, 2.75) is 20.8 Å². The third-order valence-electron chi connectivity index (χ3n) is 4.78. The number of hydrogen-bond acceptors (Lipinski definition) is 2. The fourth-order valence-corrected chi connectivity index (χ4v) is 3.39. The van der Waals surface area contributed by atoms with Crippen molar-refractivity contribution in [3.63, 3.8) is 0 Å². The van der Waals surface area contributed by atoms with Gasteiger partial charge in [0.05, 0.1) is 0 Å². The smallest absolute Gasteiger partial charge is 0.173 e. The highest BCUT2D eigenvalue weighted by Gasteiger charge is 2.20. The summed E-state index contributed by atoms with van der Waals surface area (Å²) >= 11 is 5.61. The average Bonchev–Trinajstić information content (AvgIpc) is 2.59. The fourth-order valence-electron chi connectivity index (χ4n) is 3.09. The zero-order valence-corrected chi connectivity index (χ0v) is 15.5. The number of aryl methyl sites for hydroxylation is 3. The van der Waals surface area contributed by atoms with Crippen LogP contribution in [0.15, 0.2) is 42.5 Å². The minimum Gasteiger partial charge on any atom is -0.368 e. The average molecular weight is 340 g/mol. The number of thiocarbonyl (C=S) groups is 1. The van der Waals surface area contributed by atoms with Gasteiger partial charge in [-0.1, -0.05) is 24.3 Å². The van der Waals surface area contributed by atoms with Crippen LogP contribution in [0.1, 0.15) is 16.7 Å². The van der Waals surface area contributed by atoms with Crippen LogP contribution in [0.4, 0.5) is 11.4 Å². The van der Waals surface area contributed by atoms with Crippen LogP contribution < -0.4 is 10.2 Å². The van der Waals surface area contributed by atoms with Crippen LogP contribution in [0.25, 0.3) is 0 Å². The van der Waals surface area contributed by atoms with Crippen LogP contribution in [-0.4, -0.2) is 36.2 Å². The predicted octanol–water partition coefficient (Wildman–Crippen LogP) is 4.13. The molecule has 3 rings (SSSR count). The molecule has 1 heterocycles. The minimum atomic E-state index is 0.822. The number of hydrogen-bond donors (Lipinski definition) is 1. The van der Waals surface area contributed by atoms with Gasteiger partial charge in [-0.2, -0.15) is 0 Å². The summed E-state index contributed by atoms with van der Waals surface area (Å²) in [6.07, 6.45) is 0. The monoisotopic (exact) mass is 339 g/mol. The molecule has 0 amide bonds. The molecule has 0 atom stereocenters. The first-order chi connectivity index (χ1) is 11.5. The van der Waals surface area contributed by atoms with Crippen LogP contribution in [0.5, 0.6) is 0 Å². The van der Waals surface area contributed by atoms with E-state index in [1.165, 1.54) is 22.4 Å². The maximum Gasteiger partial charge on any atom is 0.173 e. The van der Waals surface area contributed by atoms with Crippen molar-refractivity contribution in [3.8, 4) is 0 Å². The first-order valence-corrected chi connectivity index (χ1v) is 8.89. The maximum atomic E-state index is 5.61. The van der Waals surface area contributed by atoms with Crippen molar-refractivity contribution in [3.05, 3.63) is 59.2 Å². The molecule has 3 nitrogen and oxygen atoms in total. The van der Waals surface area contributed by atoms with Gasteiger partial charge in [0.15, 0.2) is 5.11 Å². The van der Waals surface area contributed by atoms with E-state index in [4.69, 9.17) is 12.2 Å². The minimum absolute atomic E-state index is 0.822. The first kappa shape index (κ1) is 16.8. The quantitative estimate of drug-likeness (QED) is 0.829. The SMILES string of the molecule is Cc1ccc(NC(=S)N2CCN(c3ccccc3C)CC2)cc1C. The standard InChI is InChI=1S/C20H25N3S/c1-15-8-9-18(14-17(15)3)21-20(24)23-12-10-22(11-13-23)19-7-5-4-6-16(19)2/h4-9,14H,10-13H2,1-3H3,(H,21,24). The largest absolute Gasteiger partial charge is 0.368 e. The van der Waals surface area contributed by atoms with E-state index < -0.39 is 0 Å². The molecule has 0 unspecified atom stereocenters. The van der Waals surface area contributed by atoms with Gasteiger partial charge in [0.1, 0.15) is 0 Å². The van der Waals surface area contributed by atoms with E-state index in [2.05, 4.69) is 78.4 Å². The van der Waals surface area contributed by atoms with Crippen molar-refractivity contribution < 1.29 is 0 Å². The van der Waals surface area contributed by atoms with Gasteiger partial charge < -0.3 is 15.1 Å². The molecule has 0 spiro atoms. The van der Waals surface area contributed by atoms with Gasteiger partial charge in [0.2, 0.25) is 0 Å². The van der Waals surface area contributed by atoms with Gasteiger partial charge in [-0.15, -0.1) is 0 Å². The summed E-state index contributed by atoms with van der Waals surface area (Å²) in [6, 6.07) is 15.0. The summed E-state index contributed by atoms with van der Waals surface area (Å²) in [5.41, 5.74) is 6.34. The Morgan fingerprint density at radius 3 is 2.25 bits per heavy atom. The van der Waals surface area contributed by atoms with Crippen LogP contribution in [0.2, 0.25) is 0 Å². The molecule has 2 aromatic carbocycles. The molecule has 126 valence electrons. The molecule has 0 aromatic heterocycles. The van der Waals surface area contributed by atoms with E-state index in [9.17, 15) is 0 Å². The molecule has 1 fully saturated rings. The third-order valence-corrected chi connectivity index (χ3v) is 5.14. The van der Waals surface area contributed by atoms with Gasteiger partial charge in [-0.3, -0.25) is 0 Å². The molecule has 1 N–H and O–H groups in total. The molecule has 1 aliphatic heterocycles. The summed E-state index contributed by atoms with van der Waals surface area (Å²) in [7, 11) is 0. The molecule has 1 saturated heterocycles. The van der Waals surface area contributed by atoms with Crippen molar-refractivity contribution in [2.24, 2.45) is 0 Å². The number of nitrogens with one attached hydrogen (secondary N) is 1. The molecule has 2 aromatic rings. The number of para-hydroxylation sites is 1. The van der Waals surface area contributed by atoms with Crippen LogP contribution in [0, 0.1) is 20.8 Å². The van der Waals surface area contributed by atoms with Gasteiger partial charge >= 0.3 is 0 Å². The second-order valence-electron chi connectivity index (χ2n) is 6.49. The topological polar surface area (TPSA) is 18.5 Å². The zero-order chi connectivity index (χ0) is 17.1. The highest BCUT2D eigenvalue weighted by molar-refractivity contribution is 7.80. The fraction of sp³-hybridized carbons (Fsp3) is 0.350. The van der Waals surface area contributed by atoms with Crippen molar-refractivity contribution >= 4 is 28.7 Å². The Hall–Kier alpha value is -2.07. The maximum absolute atomic E-state index is 5.61. The Morgan fingerprint density at radius 2 is 1.58 bits per heavy atom. The molecule has 0 aliphatic carbocycles. The molecule has 0 bridgehead atoms. The summed E-state index contributed by atoms with van der Waals surface area (Å²) in [4.78, 5) is 4.71. The van der Waals surface area contributed by atoms with Crippen molar-refractivity contribution in [2.75, 3.05) is 36.4 Å². The lowest BCUT2D eigenvalue weighted by Gasteiger charge is -2.38. The number of anilines is 2. The number of rotatable bonds is 2. The number of nitrogens with zero attached hydrogens (tertiary/aromatic N) is 2. The Bertz CT molecular complexity index is 733. The molecule has 0 radical (unpaired) electrons. The normalized spacial score (nSPS) is 14.6. The summed E-state index contributed by atoms with van der Waals surface area (Å²) < 4.78 is 0. The van der Waals surface area contributed by atoms with Crippen LogP contribution in [0.3, 0.4) is 0 Å². The van der Waals surface area contributed by atoms with Crippen molar-refractivity contribution in [1.82, 2.24) is 4.90 Å². The number of piperazine rings is 1. The number of benzene rings is 2. The predicted molar refractivity (Wildman–Crippen MR) is 107 cm³/mol. The molecular weight excluding hydrogens is 314 g/mol. The Labute approximate surface area is 150 Å². The van der Waals surface area contributed by atoms with Crippen LogP contribution in [-0.2, 0) is 0 Å². The third kappa shape index (κ3) is 3.70. The van der Waals surface area contributed by atoms with E-state index >= 15 is 0 Å². The Kier molecular flexibility index (Phi) is 5.05. The zero-order valence-electron chi connectivity index (χ0n) is 14.7. The molecule has 0 saturated carbocycles. The molecular formula is C20H25N3S. The molecule has 4 heteroatoms. The summed E-state index contributed by atoms with van der Waals surface area (Å²) in [5, 5.41) is 4.21. The lowest BCUT2D eigenvalue weighted by Crippen LogP contribution is -2.50. The Morgan fingerprint density at radius 1 is 0.875 bits per heavy atom. The highest BCUT2D eigenvalue weighted by atomic mass is 32.1. The second-order valence-corrected chi connectivity index (χ2v) is 6.88. The molecule has 24 heavy (non-hydrogen) atoms. The van der Waals surface area contributed by atoms with E-state index in [-0.39, 0.29) is 0 Å². The van der Waals surface area contributed by atoms with Gasteiger partial charge in [0.25, 0.3) is 0 Å². The second kappa shape index (κ2) is 7.22. The van der Waals surface area contributed by atoms with Crippen molar-refractivity contribution in [1.29, 1.82) is 0 Å². The lowest BCUT2D eigenvalue weighted by atomic mass is 10.1. The highest BCUT2D eigenvalue weighted by Crippen LogP contribution is 2.21. The van der Waals surface area contributed by atoms with Gasteiger partial charge in [0, 0.05) is 37.6 Å². The summed E-state index contributed by atoms with van der Waals surface area (Å²) in [5.74, 6) is 0. The Balaban J connectivity index is 1.59. The van der Waals surface area contributed by atoms with E-state index in [1.807, 2.05) is 0 Å². The lowest BCUT2D eigenvalue weighted by molar-refractivity contribution is 0.390. The van der Waals surface area contributed by atoms with E-state index in [0.29, 0.717) is 0 Å². The van der Waals surface area contributed by atoms with Gasteiger partial charge in [-0.25, -0.2) is 0 Å². The van der Waals surface area contributed by atoms with Gasteiger partial charge in [-0.05, 0) is 67.9 Å². The van der Waals surface area contributed by atoms with Crippen LogP contribution >= 0.6 is 12.2 Å². The summed E-state index contributed by atoms with van der Waals surface area (Å²) in [6.45, 7) is 10.3. The van der Waals surface area contributed by atoms with E-state index in [1.54, 1.807) is 0 Å². The van der Waals surface area contributed by atoms with E-state index in [0.717, 1.165) is 37.0 Å². The first-order valence-electron chi connectivity index (χ1n) is 8.48. The molecule has 1 aliphatic rings.